The number of carbonyl (C=O) groups excluding carboxylic acids is 2. The summed E-state index contributed by atoms with van der Waals surface area (Å²) in [6, 6.07) is 11.6. The molecule has 0 saturated carbocycles. The van der Waals surface area contributed by atoms with Crippen LogP contribution < -0.4 is 0 Å². The minimum Gasteiger partial charge on any atom is -0.464 e. The largest absolute Gasteiger partial charge is 0.464 e. The quantitative estimate of drug-likeness (QED) is 0.672. The minimum atomic E-state index is 0.0690. The smallest absolute Gasteiger partial charge is 0.254 e. The van der Waals surface area contributed by atoms with Crippen molar-refractivity contribution in [2.24, 2.45) is 0 Å². The Morgan fingerprint density at radius 1 is 1.00 bits per heavy atom. The summed E-state index contributed by atoms with van der Waals surface area (Å²) in [7, 11) is 1.82. The molecule has 0 atom stereocenters. The van der Waals surface area contributed by atoms with Gasteiger partial charge in [-0.05, 0) is 60.7 Å². The SMILES string of the molecule is CN1Cc2cc(-c3coc4cc(C(=O)N5CCCCC5)ccc34)ccc2C1=O. The Kier molecular flexibility index (Phi) is 3.97. The Balaban J connectivity index is 1.48. The van der Waals surface area contributed by atoms with Crippen molar-refractivity contribution in [3.05, 3.63) is 59.4 Å². The van der Waals surface area contributed by atoms with Crippen LogP contribution in [-0.2, 0) is 6.54 Å². The zero-order valence-corrected chi connectivity index (χ0v) is 15.9. The predicted octanol–water partition coefficient (Wildman–Crippen LogP) is 4.31. The number of likely N-dealkylation sites (tertiary alicyclic amines) is 1. The van der Waals surface area contributed by atoms with E-state index in [-0.39, 0.29) is 11.8 Å². The molecule has 2 aliphatic rings. The fourth-order valence-corrected chi connectivity index (χ4v) is 4.30. The molecular formula is C23H22N2O3. The lowest BCUT2D eigenvalue weighted by Gasteiger charge is -2.26. The number of hydrogen-bond acceptors (Lipinski definition) is 3. The lowest BCUT2D eigenvalue weighted by molar-refractivity contribution is 0.0724. The molecule has 3 heterocycles. The van der Waals surface area contributed by atoms with Crippen LogP contribution >= 0.6 is 0 Å². The van der Waals surface area contributed by atoms with E-state index in [2.05, 4.69) is 6.07 Å². The van der Waals surface area contributed by atoms with Gasteiger partial charge in [0, 0.05) is 48.8 Å². The molecule has 0 radical (unpaired) electrons. The molecule has 0 aliphatic carbocycles. The maximum atomic E-state index is 12.8. The van der Waals surface area contributed by atoms with Crippen molar-refractivity contribution in [3.63, 3.8) is 0 Å². The van der Waals surface area contributed by atoms with Gasteiger partial charge < -0.3 is 14.2 Å². The van der Waals surface area contributed by atoms with Crippen molar-refractivity contribution < 1.29 is 14.0 Å². The molecule has 0 spiro atoms. The molecular weight excluding hydrogens is 352 g/mol. The number of benzene rings is 2. The highest BCUT2D eigenvalue weighted by atomic mass is 16.3. The number of amides is 2. The number of nitrogens with zero attached hydrogens (tertiary/aromatic N) is 2. The molecule has 2 aromatic carbocycles. The van der Waals surface area contributed by atoms with Gasteiger partial charge in [-0.1, -0.05) is 6.07 Å². The first-order valence-corrected chi connectivity index (χ1v) is 9.81. The van der Waals surface area contributed by atoms with Crippen molar-refractivity contribution in [2.45, 2.75) is 25.8 Å². The predicted molar refractivity (Wildman–Crippen MR) is 107 cm³/mol. The van der Waals surface area contributed by atoms with Gasteiger partial charge in [0.15, 0.2) is 0 Å². The summed E-state index contributed by atoms with van der Waals surface area (Å²) < 4.78 is 5.80. The lowest BCUT2D eigenvalue weighted by Crippen LogP contribution is -2.35. The van der Waals surface area contributed by atoms with E-state index >= 15 is 0 Å². The van der Waals surface area contributed by atoms with Crippen LogP contribution in [0.15, 0.2) is 47.1 Å². The maximum Gasteiger partial charge on any atom is 0.254 e. The van der Waals surface area contributed by atoms with E-state index < -0.39 is 0 Å². The Morgan fingerprint density at radius 3 is 2.64 bits per heavy atom. The molecule has 0 N–H and O–H groups in total. The number of rotatable bonds is 2. The number of furan rings is 1. The summed E-state index contributed by atoms with van der Waals surface area (Å²) in [5.41, 5.74) is 5.21. The Hall–Kier alpha value is -3.08. The standard InChI is InChI=1S/C23H22N2O3/c1-24-13-17-11-15(5-7-18(17)23(24)27)20-14-28-21-12-16(6-8-19(20)21)22(26)25-9-3-2-4-10-25/h5-8,11-12,14H,2-4,9-10,13H2,1H3. The van der Waals surface area contributed by atoms with Crippen LogP contribution in [-0.4, -0.2) is 41.8 Å². The van der Waals surface area contributed by atoms with Crippen LogP contribution in [0.1, 0.15) is 45.5 Å². The molecule has 28 heavy (non-hydrogen) atoms. The number of piperidine rings is 1. The van der Waals surface area contributed by atoms with Gasteiger partial charge in [-0.3, -0.25) is 9.59 Å². The molecule has 1 fully saturated rings. The molecule has 1 saturated heterocycles. The normalized spacial score (nSPS) is 16.7. The van der Waals surface area contributed by atoms with Crippen molar-refractivity contribution >= 4 is 22.8 Å². The zero-order valence-electron chi connectivity index (χ0n) is 15.9. The van der Waals surface area contributed by atoms with Crippen molar-refractivity contribution in [1.29, 1.82) is 0 Å². The zero-order chi connectivity index (χ0) is 19.3. The third kappa shape index (κ3) is 2.70. The Labute approximate surface area is 163 Å². The van der Waals surface area contributed by atoms with Crippen LogP contribution in [0.4, 0.5) is 0 Å². The van der Waals surface area contributed by atoms with Gasteiger partial charge in [0.1, 0.15) is 5.58 Å². The molecule has 1 aromatic heterocycles. The highest BCUT2D eigenvalue weighted by molar-refractivity contribution is 6.02. The number of carbonyl (C=O) groups is 2. The van der Waals surface area contributed by atoms with Crippen LogP contribution in [0.2, 0.25) is 0 Å². The molecule has 3 aromatic rings. The molecule has 5 nitrogen and oxygen atoms in total. The minimum absolute atomic E-state index is 0.0690. The second kappa shape index (κ2) is 6.51. The van der Waals surface area contributed by atoms with Crippen LogP contribution in [0, 0.1) is 0 Å². The summed E-state index contributed by atoms with van der Waals surface area (Å²) in [5, 5.41) is 0.979. The van der Waals surface area contributed by atoms with Gasteiger partial charge in [0.2, 0.25) is 0 Å². The van der Waals surface area contributed by atoms with Crippen LogP contribution in [0.5, 0.6) is 0 Å². The maximum absolute atomic E-state index is 12.8. The highest BCUT2D eigenvalue weighted by Crippen LogP contribution is 2.34. The third-order valence-corrected chi connectivity index (χ3v) is 5.87. The first-order chi connectivity index (χ1) is 13.6. The molecule has 5 heteroatoms. The van der Waals surface area contributed by atoms with Crippen molar-refractivity contribution in [1.82, 2.24) is 9.80 Å². The first-order valence-electron chi connectivity index (χ1n) is 9.81. The second-order valence-corrected chi connectivity index (χ2v) is 7.75. The van der Waals surface area contributed by atoms with E-state index in [9.17, 15) is 9.59 Å². The van der Waals surface area contributed by atoms with E-state index in [0.29, 0.717) is 17.7 Å². The molecule has 2 amide bonds. The Morgan fingerprint density at radius 2 is 1.82 bits per heavy atom. The van der Waals surface area contributed by atoms with Gasteiger partial charge >= 0.3 is 0 Å². The monoisotopic (exact) mass is 374 g/mol. The molecule has 0 unspecified atom stereocenters. The fraction of sp³-hybridized carbons (Fsp3) is 0.304. The summed E-state index contributed by atoms with van der Waals surface area (Å²) in [5.74, 6) is 0.151. The van der Waals surface area contributed by atoms with E-state index in [1.165, 1.54) is 6.42 Å². The average Bonchev–Trinajstić information content (AvgIpc) is 3.28. The number of fused-ring (bicyclic) bond motifs is 2. The summed E-state index contributed by atoms with van der Waals surface area (Å²) in [4.78, 5) is 28.5. The molecule has 0 bridgehead atoms. The van der Waals surface area contributed by atoms with E-state index in [0.717, 1.165) is 53.6 Å². The average molecular weight is 374 g/mol. The van der Waals surface area contributed by atoms with Gasteiger partial charge in [-0.15, -0.1) is 0 Å². The van der Waals surface area contributed by atoms with Gasteiger partial charge in [0.05, 0.1) is 6.26 Å². The summed E-state index contributed by atoms with van der Waals surface area (Å²) in [6.45, 7) is 2.30. The van der Waals surface area contributed by atoms with E-state index in [1.807, 2.05) is 42.3 Å². The Bertz CT molecular complexity index is 1090. The summed E-state index contributed by atoms with van der Waals surface area (Å²) in [6.07, 6.45) is 5.10. The van der Waals surface area contributed by atoms with Crippen LogP contribution in [0.25, 0.3) is 22.1 Å². The van der Waals surface area contributed by atoms with E-state index in [1.54, 1.807) is 11.2 Å². The van der Waals surface area contributed by atoms with Crippen molar-refractivity contribution in [3.8, 4) is 11.1 Å². The van der Waals surface area contributed by atoms with Crippen LogP contribution in [0.3, 0.4) is 0 Å². The summed E-state index contributed by atoms with van der Waals surface area (Å²) >= 11 is 0. The second-order valence-electron chi connectivity index (χ2n) is 7.75. The first kappa shape index (κ1) is 17.0. The van der Waals surface area contributed by atoms with Gasteiger partial charge in [0.25, 0.3) is 11.8 Å². The van der Waals surface area contributed by atoms with Gasteiger partial charge in [-0.2, -0.15) is 0 Å². The number of hydrogen-bond donors (Lipinski definition) is 0. The van der Waals surface area contributed by atoms with E-state index in [4.69, 9.17) is 4.42 Å². The fourth-order valence-electron chi connectivity index (χ4n) is 4.30. The lowest BCUT2D eigenvalue weighted by atomic mass is 9.99. The third-order valence-electron chi connectivity index (χ3n) is 5.87. The molecule has 2 aliphatic heterocycles. The highest BCUT2D eigenvalue weighted by Gasteiger charge is 2.25. The van der Waals surface area contributed by atoms with Crippen molar-refractivity contribution in [2.75, 3.05) is 20.1 Å². The molecule has 5 rings (SSSR count). The van der Waals surface area contributed by atoms with Gasteiger partial charge in [-0.25, -0.2) is 0 Å². The molecule has 142 valence electrons. The topological polar surface area (TPSA) is 53.8 Å².